The van der Waals surface area contributed by atoms with E-state index < -0.39 is 41.7 Å². The lowest BCUT2D eigenvalue weighted by Crippen LogP contribution is -2.61. The van der Waals surface area contributed by atoms with Gasteiger partial charge >= 0.3 is 5.97 Å². The molecule has 0 radical (unpaired) electrons. The van der Waals surface area contributed by atoms with Crippen molar-refractivity contribution in [2.24, 2.45) is 0 Å². The first kappa shape index (κ1) is 14.2. The van der Waals surface area contributed by atoms with Gasteiger partial charge in [-0.25, -0.2) is 4.79 Å². The molecule has 0 bridgehead atoms. The second-order valence-corrected chi connectivity index (χ2v) is 5.08. The van der Waals surface area contributed by atoms with Gasteiger partial charge in [-0.15, -0.1) is 0 Å². The maximum atomic E-state index is 11.7. The van der Waals surface area contributed by atoms with E-state index in [2.05, 4.69) is 0 Å². The molecule has 2 rings (SSSR count). The van der Waals surface area contributed by atoms with Crippen molar-refractivity contribution in [2.45, 2.75) is 38.1 Å². The highest BCUT2D eigenvalue weighted by molar-refractivity contribution is 6.07. The molecule has 2 aliphatic rings. The van der Waals surface area contributed by atoms with Crippen molar-refractivity contribution in [3.63, 3.8) is 0 Å². The van der Waals surface area contributed by atoms with Gasteiger partial charge in [-0.3, -0.25) is 29.0 Å². The molecule has 8 nitrogen and oxygen atoms in total. The SMILES string of the molecule is CC(CN1C(=O)CCC1=O)(C(=O)O)N1C(=O)CCC1=O. The Bertz CT molecular complexity index is 496. The minimum atomic E-state index is -1.92. The van der Waals surface area contributed by atoms with Gasteiger partial charge in [0.05, 0.1) is 6.54 Å². The minimum Gasteiger partial charge on any atom is -0.479 e. The molecule has 2 fully saturated rings. The van der Waals surface area contributed by atoms with Crippen molar-refractivity contribution in [1.29, 1.82) is 0 Å². The Labute approximate surface area is 114 Å². The lowest BCUT2D eigenvalue weighted by Gasteiger charge is -2.35. The Morgan fingerprint density at radius 1 is 1.00 bits per heavy atom. The van der Waals surface area contributed by atoms with Crippen molar-refractivity contribution in [1.82, 2.24) is 9.80 Å². The molecule has 108 valence electrons. The van der Waals surface area contributed by atoms with Crippen LogP contribution in [0.5, 0.6) is 0 Å². The Hall–Kier alpha value is -2.25. The molecule has 2 aliphatic heterocycles. The number of carbonyl (C=O) groups excluding carboxylic acids is 4. The number of nitrogens with zero attached hydrogens (tertiary/aromatic N) is 2. The van der Waals surface area contributed by atoms with Crippen molar-refractivity contribution in [3.8, 4) is 0 Å². The zero-order chi connectivity index (χ0) is 15.1. The predicted octanol–water partition coefficient (Wildman–Crippen LogP) is -0.872. The third-order valence-corrected chi connectivity index (χ3v) is 3.63. The third kappa shape index (κ3) is 2.06. The van der Waals surface area contributed by atoms with E-state index in [0.717, 1.165) is 4.90 Å². The normalized spacial score (nSPS) is 22.6. The Morgan fingerprint density at radius 2 is 1.40 bits per heavy atom. The Kier molecular flexibility index (Phi) is 3.33. The quantitative estimate of drug-likeness (QED) is 0.671. The van der Waals surface area contributed by atoms with E-state index in [1.54, 1.807) is 0 Å². The molecule has 1 unspecified atom stereocenters. The summed E-state index contributed by atoms with van der Waals surface area (Å²) in [7, 11) is 0. The van der Waals surface area contributed by atoms with Crippen LogP contribution in [0.3, 0.4) is 0 Å². The fraction of sp³-hybridized carbons (Fsp3) is 0.583. The molecule has 1 atom stereocenters. The van der Waals surface area contributed by atoms with E-state index in [1.165, 1.54) is 6.92 Å². The fourth-order valence-corrected chi connectivity index (χ4v) is 2.47. The van der Waals surface area contributed by atoms with Crippen molar-refractivity contribution in [2.75, 3.05) is 6.54 Å². The highest BCUT2D eigenvalue weighted by Crippen LogP contribution is 2.27. The van der Waals surface area contributed by atoms with Crippen LogP contribution < -0.4 is 0 Å². The van der Waals surface area contributed by atoms with Crippen LogP contribution in [0.4, 0.5) is 0 Å². The first-order valence-electron chi connectivity index (χ1n) is 6.20. The number of aliphatic carboxylic acids is 1. The molecule has 2 heterocycles. The van der Waals surface area contributed by atoms with E-state index in [0.29, 0.717) is 4.90 Å². The van der Waals surface area contributed by atoms with E-state index in [-0.39, 0.29) is 25.7 Å². The van der Waals surface area contributed by atoms with E-state index in [1.807, 2.05) is 0 Å². The third-order valence-electron chi connectivity index (χ3n) is 3.63. The number of amides is 4. The highest BCUT2D eigenvalue weighted by Gasteiger charge is 2.51. The number of carboxylic acids is 1. The summed E-state index contributed by atoms with van der Waals surface area (Å²) >= 11 is 0. The zero-order valence-electron chi connectivity index (χ0n) is 10.9. The Morgan fingerprint density at radius 3 is 1.80 bits per heavy atom. The van der Waals surface area contributed by atoms with Crippen molar-refractivity contribution >= 4 is 29.6 Å². The van der Waals surface area contributed by atoms with Gasteiger partial charge in [-0.2, -0.15) is 0 Å². The standard InChI is InChI=1S/C12H14N2O6/c1-12(11(19)20,14-9(17)4-5-10(14)18)6-13-7(15)2-3-8(13)16/h2-6H2,1H3,(H,19,20). The zero-order valence-corrected chi connectivity index (χ0v) is 10.9. The molecule has 2 saturated heterocycles. The maximum Gasteiger partial charge on any atom is 0.331 e. The van der Waals surface area contributed by atoms with Gasteiger partial charge in [0.25, 0.3) is 0 Å². The molecule has 4 amide bonds. The van der Waals surface area contributed by atoms with Crippen LogP contribution in [-0.4, -0.2) is 56.6 Å². The van der Waals surface area contributed by atoms with Crippen molar-refractivity contribution < 1.29 is 29.1 Å². The number of imide groups is 2. The number of likely N-dealkylation sites (tertiary alicyclic amines) is 2. The van der Waals surface area contributed by atoms with Gasteiger partial charge < -0.3 is 5.11 Å². The summed E-state index contributed by atoms with van der Waals surface area (Å²) < 4.78 is 0. The molecule has 20 heavy (non-hydrogen) atoms. The average molecular weight is 282 g/mol. The summed E-state index contributed by atoms with van der Waals surface area (Å²) in [6.07, 6.45) is -0.0555. The summed E-state index contributed by atoms with van der Waals surface area (Å²) in [4.78, 5) is 59.6. The van der Waals surface area contributed by atoms with E-state index >= 15 is 0 Å². The lowest BCUT2D eigenvalue weighted by atomic mass is 9.99. The van der Waals surface area contributed by atoms with Crippen LogP contribution in [0.2, 0.25) is 0 Å². The monoisotopic (exact) mass is 282 g/mol. The number of carbonyl (C=O) groups is 5. The van der Waals surface area contributed by atoms with Gasteiger partial charge in [0.2, 0.25) is 23.6 Å². The first-order chi connectivity index (χ1) is 9.27. The topological polar surface area (TPSA) is 112 Å². The largest absolute Gasteiger partial charge is 0.479 e. The maximum absolute atomic E-state index is 11.7. The first-order valence-corrected chi connectivity index (χ1v) is 6.20. The molecule has 8 heteroatoms. The Balaban J connectivity index is 2.33. The minimum absolute atomic E-state index is 0.0242. The average Bonchev–Trinajstić information content (AvgIpc) is 2.86. The molecule has 0 saturated carbocycles. The van der Waals surface area contributed by atoms with Crippen LogP contribution >= 0.6 is 0 Å². The van der Waals surface area contributed by atoms with Gasteiger partial charge in [-0.05, 0) is 6.92 Å². The molecule has 0 aromatic rings. The molecular weight excluding hydrogens is 268 g/mol. The number of hydrogen-bond donors (Lipinski definition) is 1. The number of hydrogen-bond acceptors (Lipinski definition) is 5. The second-order valence-electron chi connectivity index (χ2n) is 5.08. The summed E-state index contributed by atoms with van der Waals surface area (Å²) in [6.45, 7) is 0.673. The van der Waals surface area contributed by atoms with E-state index in [9.17, 15) is 29.1 Å². The molecule has 0 spiro atoms. The fourth-order valence-electron chi connectivity index (χ4n) is 2.47. The van der Waals surface area contributed by atoms with Gasteiger partial charge in [0, 0.05) is 25.7 Å². The smallest absolute Gasteiger partial charge is 0.331 e. The molecule has 1 N–H and O–H groups in total. The highest BCUT2D eigenvalue weighted by atomic mass is 16.4. The number of carboxylic acid groups (broad SMARTS) is 1. The van der Waals surface area contributed by atoms with Crippen LogP contribution in [0.1, 0.15) is 32.6 Å². The van der Waals surface area contributed by atoms with Crippen LogP contribution in [0.15, 0.2) is 0 Å². The van der Waals surface area contributed by atoms with Gasteiger partial charge in [0.1, 0.15) is 0 Å². The van der Waals surface area contributed by atoms with Gasteiger partial charge in [0.15, 0.2) is 5.54 Å². The second kappa shape index (κ2) is 4.69. The van der Waals surface area contributed by atoms with Crippen LogP contribution in [-0.2, 0) is 24.0 Å². The molecule has 0 aromatic heterocycles. The van der Waals surface area contributed by atoms with Crippen molar-refractivity contribution in [3.05, 3.63) is 0 Å². The summed E-state index contributed by atoms with van der Waals surface area (Å²) in [5.41, 5.74) is -1.92. The summed E-state index contributed by atoms with van der Waals surface area (Å²) in [6, 6.07) is 0. The van der Waals surface area contributed by atoms with Gasteiger partial charge in [-0.1, -0.05) is 0 Å². The molecule has 0 aromatic carbocycles. The van der Waals surface area contributed by atoms with E-state index in [4.69, 9.17) is 0 Å². The predicted molar refractivity (Wildman–Crippen MR) is 63.1 cm³/mol. The molecular formula is C12H14N2O6. The molecule has 0 aliphatic carbocycles. The van der Waals surface area contributed by atoms with Crippen LogP contribution in [0.25, 0.3) is 0 Å². The lowest BCUT2D eigenvalue weighted by molar-refractivity contribution is -0.165. The van der Waals surface area contributed by atoms with Crippen LogP contribution in [0, 0.1) is 0 Å². The summed E-state index contributed by atoms with van der Waals surface area (Å²) in [5, 5.41) is 9.37. The number of rotatable bonds is 4. The summed E-state index contributed by atoms with van der Waals surface area (Å²) in [5.74, 6) is -3.59.